The van der Waals surface area contributed by atoms with Crippen molar-refractivity contribution in [1.82, 2.24) is 20.1 Å². The molecular weight excluding hydrogens is 345 g/mol. The van der Waals surface area contributed by atoms with Crippen molar-refractivity contribution in [3.63, 3.8) is 0 Å². The Hall–Kier alpha value is -2.18. The molecule has 0 saturated carbocycles. The van der Waals surface area contributed by atoms with Gasteiger partial charge in [0.1, 0.15) is 12.9 Å². The molecule has 13 heteroatoms. The number of hydrogen-bond donors (Lipinski definition) is 2. The van der Waals surface area contributed by atoms with Crippen molar-refractivity contribution in [2.75, 3.05) is 5.75 Å². The minimum absolute atomic E-state index is 0.297. The van der Waals surface area contributed by atoms with Gasteiger partial charge in [0.05, 0.1) is 5.75 Å². The monoisotopic (exact) mass is 356 g/mol. The minimum Gasteiger partial charge on any atom is -0.480 e. The van der Waals surface area contributed by atoms with Gasteiger partial charge in [-0.05, 0) is 6.42 Å². The number of rotatable bonds is 4. The summed E-state index contributed by atoms with van der Waals surface area (Å²) >= 11 is 0. The standard InChI is InChI=1S/C10H11F3N4O5S/c11-10(12,13)9-14-4-17(16-9)2-7(18)15-5-1-6(8(19)20)23(21,22)3-5/h4-6H,1-3H2,(H,15,18)(H,19,20). The molecule has 9 nitrogen and oxygen atoms in total. The quantitative estimate of drug-likeness (QED) is 0.711. The second-order valence-electron chi connectivity index (χ2n) is 4.92. The zero-order valence-electron chi connectivity index (χ0n) is 11.3. The van der Waals surface area contributed by atoms with E-state index in [-0.39, 0.29) is 6.42 Å². The summed E-state index contributed by atoms with van der Waals surface area (Å²) in [5, 5.41) is 12.5. The highest BCUT2D eigenvalue weighted by atomic mass is 32.2. The van der Waals surface area contributed by atoms with Crippen LogP contribution in [0.2, 0.25) is 0 Å². The lowest BCUT2D eigenvalue weighted by Gasteiger charge is -2.10. The number of carboxylic acid groups (broad SMARTS) is 1. The van der Waals surface area contributed by atoms with E-state index >= 15 is 0 Å². The second kappa shape index (κ2) is 5.79. The molecule has 1 aliphatic rings. The van der Waals surface area contributed by atoms with Gasteiger partial charge in [-0.2, -0.15) is 13.2 Å². The molecule has 128 valence electrons. The molecule has 1 aromatic rings. The van der Waals surface area contributed by atoms with Gasteiger partial charge in [0.2, 0.25) is 5.91 Å². The van der Waals surface area contributed by atoms with Crippen LogP contribution < -0.4 is 5.32 Å². The maximum atomic E-state index is 12.3. The number of carboxylic acids is 1. The Labute approximate surface area is 127 Å². The maximum Gasteiger partial charge on any atom is 0.453 e. The van der Waals surface area contributed by atoms with Crippen LogP contribution in [0.4, 0.5) is 13.2 Å². The van der Waals surface area contributed by atoms with Crippen molar-refractivity contribution < 1.29 is 36.3 Å². The Balaban J connectivity index is 1.96. The molecule has 1 aliphatic heterocycles. The normalized spacial score (nSPS) is 23.6. The first-order valence-electron chi connectivity index (χ1n) is 6.19. The highest BCUT2D eigenvalue weighted by Gasteiger charge is 2.43. The Bertz CT molecular complexity index is 729. The lowest BCUT2D eigenvalue weighted by molar-refractivity contribution is -0.145. The van der Waals surface area contributed by atoms with Crippen LogP contribution in [0.25, 0.3) is 0 Å². The molecule has 1 aromatic heterocycles. The van der Waals surface area contributed by atoms with Crippen molar-refractivity contribution in [3.05, 3.63) is 12.2 Å². The average Bonchev–Trinajstić information content (AvgIpc) is 2.92. The van der Waals surface area contributed by atoms with E-state index in [0.29, 0.717) is 11.0 Å². The number of nitrogens with one attached hydrogen (secondary N) is 1. The predicted octanol–water partition coefficient (Wildman–Crippen LogP) is -0.947. The van der Waals surface area contributed by atoms with Crippen molar-refractivity contribution in [2.45, 2.75) is 30.4 Å². The lowest BCUT2D eigenvalue weighted by atomic mass is 10.2. The summed E-state index contributed by atoms with van der Waals surface area (Å²) in [6.45, 7) is -0.600. The number of hydrogen-bond acceptors (Lipinski definition) is 6. The number of halogens is 3. The van der Waals surface area contributed by atoms with Crippen LogP contribution in [-0.4, -0.2) is 57.2 Å². The molecule has 2 unspecified atom stereocenters. The molecule has 2 heterocycles. The van der Waals surface area contributed by atoms with E-state index < -0.39 is 57.3 Å². The van der Waals surface area contributed by atoms with Gasteiger partial charge in [-0.15, -0.1) is 5.10 Å². The van der Waals surface area contributed by atoms with Crippen LogP contribution in [0, 0.1) is 0 Å². The van der Waals surface area contributed by atoms with Gasteiger partial charge in [-0.3, -0.25) is 9.59 Å². The fourth-order valence-electron chi connectivity index (χ4n) is 2.15. The first kappa shape index (κ1) is 17.2. The summed E-state index contributed by atoms with van der Waals surface area (Å²) in [6.07, 6.45) is -4.32. The number of aromatic nitrogens is 3. The van der Waals surface area contributed by atoms with Crippen LogP contribution in [0.1, 0.15) is 12.2 Å². The number of aliphatic carboxylic acids is 1. The van der Waals surface area contributed by atoms with Crippen molar-refractivity contribution in [2.24, 2.45) is 0 Å². The third kappa shape index (κ3) is 3.97. The molecule has 2 rings (SSSR count). The number of sulfone groups is 1. The predicted molar refractivity (Wildman–Crippen MR) is 66.8 cm³/mol. The van der Waals surface area contributed by atoms with Gasteiger partial charge in [-0.25, -0.2) is 18.1 Å². The van der Waals surface area contributed by atoms with E-state index in [2.05, 4.69) is 15.4 Å². The van der Waals surface area contributed by atoms with Crippen molar-refractivity contribution in [3.8, 4) is 0 Å². The maximum absolute atomic E-state index is 12.3. The fraction of sp³-hybridized carbons (Fsp3) is 0.600. The fourth-order valence-corrected chi connectivity index (χ4v) is 3.99. The zero-order chi connectivity index (χ0) is 17.4. The largest absolute Gasteiger partial charge is 0.480 e. The van der Waals surface area contributed by atoms with E-state index in [1.54, 1.807) is 0 Å². The third-order valence-electron chi connectivity index (χ3n) is 3.10. The third-order valence-corrected chi connectivity index (χ3v) is 5.23. The smallest absolute Gasteiger partial charge is 0.453 e. The molecular formula is C10H11F3N4O5S. The number of nitrogens with zero attached hydrogens (tertiary/aromatic N) is 3. The summed E-state index contributed by atoms with van der Waals surface area (Å²) in [6, 6.07) is -0.917. The zero-order valence-corrected chi connectivity index (χ0v) is 12.1. The first-order chi connectivity index (χ1) is 10.5. The van der Waals surface area contributed by atoms with E-state index in [1.165, 1.54) is 0 Å². The highest BCUT2D eigenvalue weighted by Crippen LogP contribution is 2.25. The molecule has 0 radical (unpaired) electrons. The van der Waals surface area contributed by atoms with E-state index in [4.69, 9.17) is 5.11 Å². The topological polar surface area (TPSA) is 131 Å². The number of carbonyl (C=O) groups is 2. The molecule has 1 fully saturated rings. The SMILES string of the molecule is O=C(Cn1cnc(C(F)(F)F)n1)NC1CC(C(=O)O)S(=O)(=O)C1. The molecule has 0 aliphatic carbocycles. The molecule has 0 spiro atoms. The molecule has 2 atom stereocenters. The molecule has 0 bridgehead atoms. The van der Waals surface area contributed by atoms with Crippen molar-refractivity contribution >= 4 is 21.7 Å². The number of amides is 1. The van der Waals surface area contributed by atoms with Gasteiger partial charge < -0.3 is 10.4 Å². The number of alkyl halides is 3. The Morgan fingerprint density at radius 1 is 1.43 bits per heavy atom. The van der Waals surface area contributed by atoms with Gasteiger partial charge in [0, 0.05) is 6.04 Å². The molecule has 1 amide bonds. The van der Waals surface area contributed by atoms with E-state index in [0.717, 1.165) is 0 Å². The summed E-state index contributed by atoms with van der Waals surface area (Å²) in [5.41, 5.74) is 0. The molecule has 23 heavy (non-hydrogen) atoms. The average molecular weight is 356 g/mol. The molecule has 2 N–H and O–H groups in total. The summed E-state index contributed by atoms with van der Waals surface area (Å²) in [7, 11) is -3.87. The Morgan fingerprint density at radius 3 is 2.57 bits per heavy atom. The Kier molecular flexibility index (Phi) is 4.32. The van der Waals surface area contributed by atoms with Gasteiger partial charge >= 0.3 is 12.1 Å². The van der Waals surface area contributed by atoms with Crippen LogP contribution in [0.3, 0.4) is 0 Å². The highest BCUT2D eigenvalue weighted by molar-refractivity contribution is 7.93. The summed E-state index contributed by atoms with van der Waals surface area (Å²) in [5.74, 6) is -4.25. The number of carbonyl (C=O) groups excluding carboxylic acids is 1. The van der Waals surface area contributed by atoms with Crippen molar-refractivity contribution in [1.29, 1.82) is 0 Å². The molecule has 1 saturated heterocycles. The van der Waals surface area contributed by atoms with Crippen LogP contribution in [0.5, 0.6) is 0 Å². The van der Waals surface area contributed by atoms with Gasteiger partial charge in [0.15, 0.2) is 15.1 Å². The van der Waals surface area contributed by atoms with Crippen LogP contribution >= 0.6 is 0 Å². The second-order valence-corrected chi connectivity index (χ2v) is 7.15. The summed E-state index contributed by atoms with van der Waals surface area (Å²) in [4.78, 5) is 25.5. The molecule has 0 aromatic carbocycles. The Morgan fingerprint density at radius 2 is 2.09 bits per heavy atom. The van der Waals surface area contributed by atoms with E-state index in [1.807, 2.05) is 0 Å². The minimum atomic E-state index is -4.74. The van der Waals surface area contributed by atoms with Crippen LogP contribution in [0.15, 0.2) is 6.33 Å². The lowest BCUT2D eigenvalue weighted by Crippen LogP contribution is -2.38. The summed E-state index contributed by atoms with van der Waals surface area (Å²) < 4.78 is 60.7. The van der Waals surface area contributed by atoms with Gasteiger partial charge in [-0.1, -0.05) is 0 Å². The van der Waals surface area contributed by atoms with Gasteiger partial charge in [0.25, 0.3) is 5.82 Å². The van der Waals surface area contributed by atoms with Crippen LogP contribution in [-0.2, 0) is 32.1 Å². The van der Waals surface area contributed by atoms with E-state index in [9.17, 15) is 31.2 Å². The first-order valence-corrected chi connectivity index (χ1v) is 7.91.